The second-order valence-corrected chi connectivity index (χ2v) is 25.2. The molecular weight excluding hydrogens is 1430 g/mol. The van der Waals surface area contributed by atoms with Gasteiger partial charge in [0.1, 0.15) is 68.7 Å². The maximum absolute atomic E-state index is 13.7. The summed E-state index contributed by atoms with van der Waals surface area (Å²) >= 11 is 0. The van der Waals surface area contributed by atoms with Crippen molar-refractivity contribution < 1.29 is 162 Å². The molecule has 107 heavy (non-hydrogen) atoms. The van der Waals surface area contributed by atoms with Crippen molar-refractivity contribution in [1.29, 1.82) is 0 Å². The molecule has 0 aliphatic carbocycles. The molecular formula is C70H91N3O34. The van der Waals surface area contributed by atoms with Crippen LogP contribution in [-0.2, 0) is 168 Å². The Balaban J connectivity index is 1.28. The molecule has 37 heteroatoms. The van der Waals surface area contributed by atoms with E-state index in [4.69, 9.17) is 99.5 Å². The van der Waals surface area contributed by atoms with Crippen LogP contribution in [0.2, 0.25) is 0 Å². The van der Waals surface area contributed by atoms with Gasteiger partial charge in [0, 0.05) is 109 Å². The molecule has 0 radical (unpaired) electrons. The van der Waals surface area contributed by atoms with E-state index in [-0.39, 0.29) is 6.61 Å². The van der Waals surface area contributed by atoms with Crippen molar-refractivity contribution in [2.75, 3.05) is 33.0 Å². The van der Waals surface area contributed by atoms with E-state index in [1.165, 1.54) is 0 Å². The number of fused-ring (bicyclic) bond motifs is 1. The zero-order chi connectivity index (χ0) is 78.3. The molecule has 7 rings (SSSR count). The van der Waals surface area contributed by atoms with Crippen molar-refractivity contribution in [3.8, 4) is 11.3 Å². The Labute approximate surface area is 614 Å². The average Bonchev–Trinajstić information content (AvgIpc) is 1.16. The molecule has 590 valence electrons. The molecule has 3 aromatic rings. The lowest BCUT2D eigenvalue weighted by Crippen LogP contribution is -2.70. The van der Waals surface area contributed by atoms with Gasteiger partial charge in [-0.25, -0.2) is 0 Å². The molecule has 4 fully saturated rings. The lowest BCUT2D eigenvalue weighted by Gasteiger charge is -2.51. The molecule has 0 saturated carbocycles. The number of unbranched alkanes of at least 4 members (excludes halogenated alkanes) is 5. The van der Waals surface area contributed by atoms with Gasteiger partial charge >= 0.3 is 77.6 Å². The summed E-state index contributed by atoms with van der Waals surface area (Å²) in [6, 6.07) is 14.0. The molecule has 0 amide bonds. The predicted molar refractivity (Wildman–Crippen MR) is 352 cm³/mol. The predicted octanol–water partition coefficient (Wildman–Crippen LogP) is 3.15. The minimum absolute atomic E-state index is 0.111. The van der Waals surface area contributed by atoms with E-state index < -0.39 is 227 Å². The normalized spacial score (nSPS) is 28.2. The van der Waals surface area contributed by atoms with E-state index >= 15 is 0 Å². The van der Waals surface area contributed by atoms with Crippen LogP contribution in [0.4, 0.5) is 0 Å². The molecule has 2 aromatic carbocycles. The van der Waals surface area contributed by atoms with Gasteiger partial charge in [0.25, 0.3) is 0 Å². The summed E-state index contributed by atoms with van der Waals surface area (Å²) in [7, 11) is 0. The number of carbonyl (C=O) groups excluding carboxylic acids is 13. The fourth-order valence-electron chi connectivity index (χ4n) is 12.4. The van der Waals surface area contributed by atoms with Crippen molar-refractivity contribution in [3.63, 3.8) is 0 Å². The van der Waals surface area contributed by atoms with E-state index in [1.807, 2.05) is 48.7 Å². The molecule has 0 N–H and O–H groups in total. The van der Waals surface area contributed by atoms with Gasteiger partial charge in [-0.15, -0.1) is 5.10 Å². The Hall–Kier alpha value is -9.37. The van der Waals surface area contributed by atoms with Crippen molar-refractivity contribution >= 4 is 88.4 Å². The quantitative estimate of drug-likeness (QED) is 0.0471. The highest BCUT2D eigenvalue weighted by molar-refractivity contribution is 5.95. The van der Waals surface area contributed by atoms with Gasteiger partial charge in [0.15, 0.2) is 86.2 Å². The first kappa shape index (κ1) is 84.9. The molecule has 4 aliphatic heterocycles. The molecule has 37 nitrogen and oxygen atoms in total. The molecule has 4 aliphatic rings. The Bertz CT molecular complexity index is 3600. The lowest BCUT2D eigenvalue weighted by molar-refractivity contribution is -0.393. The lowest BCUT2D eigenvalue weighted by atomic mass is 9.94. The van der Waals surface area contributed by atoms with E-state index in [2.05, 4.69) is 10.3 Å². The van der Waals surface area contributed by atoms with E-state index in [0.29, 0.717) is 19.4 Å². The highest BCUT2D eigenvalue weighted by Gasteiger charge is 2.62. The summed E-state index contributed by atoms with van der Waals surface area (Å²) in [6.45, 7) is 9.97. The number of ether oxygens (including phenoxy) is 21. The van der Waals surface area contributed by atoms with Crippen molar-refractivity contribution in [2.45, 2.75) is 258 Å². The topological polar surface area (TPSA) is 446 Å². The summed E-state index contributed by atoms with van der Waals surface area (Å²) in [4.78, 5) is 170. The Morgan fingerprint density at radius 1 is 0.336 bits per heavy atom. The van der Waals surface area contributed by atoms with Crippen LogP contribution in [0.5, 0.6) is 0 Å². The van der Waals surface area contributed by atoms with Crippen LogP contribution >= 0.6 is 0 Å². The van der Waals surface area contributed by atoms with E-state index in [9.17, 15) is 62.3 Å². The van der Waals surface area contributed by atoms with Gasteiger partial charge in [0.2, 0.25) is 0 Å². The van der Waals surface area contributed by atoms with Gasteiger partial charge in [0.05, 0.1) is 6.20 Å². The van der Waals surface area contributed by atoms with Gasteiger partial charge in [-0.1, -0.05) is 73.4 Å². The van der Waals surface area contributed by atoms with Crippen LogP contribution in [0.25, 0.3) is 22.0 Å². The number of nitrogens with zero attached hydrogens (tertiary/aromatic N) is 3. The highest BCUT2D eigenvalue weighted by atomic mass is 16.8. The molecule has 1 aromatic heterocycles. The fourth-order valence-corrected chi connectivity index (χ4v) is 12.4. The van der Waals surface area contributed by atoms with Crippen molar-refractivity contribution in [1.82, 2.24) is 15.0 Å². The monoisotopic (exact) mass is 1520 g/mol. The molecule has 0 spiro atoms. The van der Waals surface area contributed by atoms with Gasteiger partial charge in [-0.3, -0.25) is 67.0 Å². The smallest absolute Gasteiger partial charge is 0.303 e. The number of aryl methyl sites for hydroxylation is 1. The molecule has 4 saturated heterocycles. The number of hydrogen-bond donors (Lipinski definition) is 0. The Morgan fingerprint density at radius 2 is 0.654 bits per heavy atom. The number of hydrogen-bond acceptors (Lipinski definition) is 36. The first-order chi connectivity index (χ1) is 50.8. The average molecular weight is 1520 g/mol. The van der Waals surface area contributed by atoms with Crippen LogP contribution in [0.15, 0.2) is 48.7 Å². The van der Waals surface area contributed by atoms with Gasteiger partial charge in [-0.05, 0) is 23.6 Å². The maximum atomic E-state index is 13.7. The minimum Gasteiger partial charge on any atom is -0.463 e. The third-order valence-electron chi connectivity index (χ3n) is 16.4. The van der Waals surface area contributed by atoms with E-state index in [1.54, 1.807) is 4.68 Å². The first-order valence-electron chi connectivity index (χ1n) is 34.4. The molecule has 0 bridgehead atoms. The second-order valence-electron chi connectivity index (χ2n) is 25.2. The van der Waals surface area contributed by atoms with Crippen LogP contribution in [0, 0.1) is 0 Å². The number of aromatic nitrogens is 3. The molecule has 5 heterocycles. The van der Waals surface area contributed by atoms with Crippen LogP contribution < -0.4 is 0 Å². The summed E-state index contributed by atoms with van der Waals surface area (Å²) in [5.41, 5.74) is 1.71. The third kappa shape index (κ3) is 25.4. The SMILES string of the molecule is CC(=O)OC[C@H]1O[C@H](O[C@@H]2[C@H](OC(C)=O)[C@@H](O[C@@H]3[C@H](OC(C)=O)[C@@H](O[C@@H]4[C@@H](OCCCCCCCCn5cc(-c6cccc7ccccc67)nn5)O[C@H](COC(C)=O)[C@@H](OC(C)=O)[C@@H]4OC(C)=O)O[C@H](COC(C)=O)[C@H]3OC(C)=O)O[C@H](COC(C)=O)[C@H]2OC(C)=O)[C@@H](OC(C)=O)[C@@H](OC(C)=O)[C@@H]1OC(C)=O. The van der Waals surface area contributed by atoms with Crippen LogP contribution in [0.3, 0.4) is 0 Å². The minimum atomic E-state index is -2.31. The van der Waals surface area contributed by atoms with Gasteiger partial charge in [-0.2, -0.15) is 0 Å². The van der Waals surface area contributed by atoms with Crippen molar-refractivity contribution in [3.05, 3.63) is 48.7 Å². The molecule has 0 unspecified atom stereocenters. The van der Waals surface area contributed by atoms with E-state index in [0.717, 1.165) is 138 Å². The summed E-state index contributed by atoms with van der Waals surface area (Å²) in [5.74, 6) is -13.2. The zero-order valence-electron chi connectivity index (χ0n) is 61.4. The zero-order valence-corrected chi connectivity index (χ0v) is 61.4. The maximum Gasteiger partial charge on any atom is 0.303 e. The summed E-state index contributed by atoms with van der Waals surface area (Å²) < 4.78 is 128. The Morgan fingerprint density at radius 3 is 1.06 bits per heavy atom. The summed E-state index contributed by atoms with van der Waals surface area (Å²) in [6.07, 6.45) is -33.0. The number of rotatable bonds is 34. The fraction of sp³-hybridized carbons (Fsp3) is 0.643. The van der Waals surface area contributed by atoms with Gasteiger partial charge < -0.3 is 99.5 Å². The standard InChI is InChI=1S/C70H91N3O34/c1-34(74)88-30-51-55(92-38(5)78)59(96-42(9)82)63(67(101-51)87-28-21-17-15-14-16-20-27-73-29-50(71-72-73)49-26-22-24-47-23-18-19-25-48(47)49)107-70-66(100-46(13)86)62(58(95-41(8)81)54(104-70)33-91-37(4)77)106-69-65(99-45(12)85)61(57(94-40(7)80)53(103-69)32-90-36(3)76)105-68-64(98-44(11)84)60(97-43(10)83)56(93-39(6)79)52(102-68)31-89-35(2)75/h18-19,22-26,29,51-70H,14-17,20-21,27-28,30-33H2,1-13H3/t51-,52-,53-,54-,55-,56-,57-,58-,59+,60+,61+,62+,63+,64+,65+,66+,67+,68-,69-,70-/m1/s1. The first-order valence-corrected chi connectivity index (χ1v) is 34.4. The second kappa shape index (κ2) is 40.5. The van der Waals surface area contributed by atoms with Crippen LogP contribution in [-0.4, -0.2) is 248 Å². The number of esters is 13. The number of benzene rings is 2. The largest absolute Gasteiger partial charge is 0.463 e. The Kier molecular flexibility index (Phi) is 32.2. The highest BCUT2D eigenvalue weighted by Crippen LogP contribution is 2.41. The summed E-state index contributed by atoms with van der Waals surface area (Å²) in [5, 5.41) is 10.9. The molecule has 20 atom stereocenters. The third-order valence-corrected chi connectivity index (χ3v) is 16.4. The number of carbonyl (C=O) groups is 13. The van der Waals surface area contributed by atoms with Crippen LogP contribution in [0.1, 0.15) is 129 Å². The van der Waals surface area contributed by atoms with Crippen molar-refractivity contribution in [2.24, 2.45) is 0 Å².